The Balaban J connectivity index is 1.82. The number of benzene rings is 4. The van der Waals surface area contributed by atoms with Gasteiger partial charge < -0.3 is 19.6 Å². The number of hydrogen-bond acceptors (Lipinski definition) is 5. The monoisotopic (exact) mass is 529 g/mol. The second kappa shape index (κ2) is 9.85. The molecule has 0 saturated carbocycles. The fourth-order valence-electron chi connectivity index (χ4n) is 5.69. The molecule has 40 heavy (non-hydrogen) atoms. The molecule has 2 N–H and O–H groups in total. The number of rotatable bonds is 6. The van der Waals surface area contributed by atoms with Crippen LogP contribution >= 0.6 is 0 Å². The Morgan fingerprint density at radius 2 is 1.52 bits per heavy atom. The molecule has 2 heterocycles. The molecule has 6 rings (SSSR count). The van der Waals surface area contributed by atoms with Gasteiger partial charge in [-0.1, -0.05) is 71.9 Å². The van der Waals surface area contributed by atoms with Gasteiger partial charge in [-0.25, -0.2) is 4.79 Å². The van der Waals surface area contributed by atoms with Crippen molar-refractivity contribution in [3.63, 3.8) is 0 Å². The lowest BCUT2D eigenvalue weighted by atomic mass is 9.96. The minimum atomic E-state index is -0.550. The van der Waals surface area contributed by atoms with E-state index in [1.54, 1.807) is 12.1 Å². The molecule has 198 valence electrons. The quantitative estimate of drug-likeness (QED) is 0.245. The maximum Gasteiger partial charge on any atom is 0.337 e. The molecular weight excluding hydrogens is 502 g/mol. The van der Waals surface area contributed by atoms with Crippen LogP contribution in [-0.2, 0) is 4.74 Å². The highest BCUT2D eigenvalue weighted by Crippen LogP contribution is 2.42. The van der Waals surface area contributed by atoms with E-state index in [-0.39, 0.29) is 6.04 Å². The van der Waals surface area contributed by atoms with Gasteiger partial charge in [-0.05, 0) is 54.8 Å². The van der Waals surface area contributed by atoms with E-state index < -0.39 is 11.9 Å². The van der Waals surface area contributed by atoms with E-state index in [1.807, 2.05) is 68.4 Å². The lowest BCUT2D eigenvalue weighted by Crippen LogP contribution is -2.14. The largest absolute Gasteiger partial charge is 0.465 e. The van der Waals surface area contributed by atoms with Crippen molar-refractivity contribution in [3.8, 4) is 11.1 Å². The number of carbonyl (C=O) groups is 2. The van der Waals surface area contributed by atoms with Gasteiger partial charge in [0.25, 0.3) is 0 Å². The number of ether oxygens (including phenoxy) is 1. The number of primary amides is 1. The number of methoxy groups -OCH3 is 1. The van der Waals surface area contributed by atoms with Crippen molar-refractivity contribution in [1.29, 1.82) is 0 Å². The van der Waals surface area contributed by atoms with Crippen molar-refractivity contribution in [2.45, 2.75) is 19.9 Å². The van der Waals surface area contributed by atoms with Gasteiger partial charge in [-0.2, -0.15) is 0 Å². The molecule has 0 aliphatic rings. The van der Waals surface area contributed by atoms with Gasteiger partial charge in [0.1, 0.15) is 5.76 Å². The molecule has 0 unspecified atom stereocenters. The Labute approximate surface area is 230 Å². The number of esters is 1. The number of carbonyl (C=O) groups excluding carboxylic acids is 2. The smallest absolute Gasteiger partial charge is 0.337 e. The van der Waals surface area contributed by atoms with E-state index in [0.29, 0.717) is 28.0 Å². The molecule has 6 aromatic rings. The third-order valence-corrected chi connectivity index (χ3v) is 7.40. The molecule has 4 aromatic carbocycles. The van der Waals surface area contributed by atoms with E-state index in [9.17, 15) is 9.59 Å². The Hall–Kier alpha value is -5.17. The Kier molecular flexibility index (Phi) is 6.19. The minimum Gasteiger partial charge on any atom is -0.465 e. The maximum absolute atomic E-state index is 13.0. The summed E-state index contributed by atoms with van der Waals surface area (Å²) in [5, 5.41) is 5.65. The predicted octanol–water partition coefficient (Wildman–Crippen LogP) is 6.59. The van der Waals surface area contributed by atoms with Gasteiger partial charge in [0.15, 0.2) is 0 Å². The van der Waals surface area contributed by atoms with Crippen LogP contribution in [-0.4, -0.2) is 28.7 Å². The van der Waals surface area contributed by atoms with E-state index >= 15 is 0 Å². The van der Waals surface area contributed by atoms with Crippen molar-refractivity contribution in [2.24, 2.45) is 5.73 Å². The van der Waals surface area contributed by atoms with Crippen LogP contribution in [0.3, 0.4) is 0 Å². The summed E-state index contributed by atoms with van der Waals surface area (Å²) >= 11 is 0. The third kappa shape index (κ3) is 4.03. The molecular formula is C33H27N3O4. The first kappa shape index (κ1) is 25.1. The summed E-state index contributed by atoms with van der Waals surface area (Å²) in [5.41, 5.74) is 12.7. The first-order valence-electron chi connectivity index (χ1n) is 12.9. The van der Waals surface area contributed by atoms with E-state index in [1.165, 1.54) is 7.11 Å². The van der Waals surface area contributed by atoms with Crippen molar-refractivity contribution in [2.75, 3.05) is 7.11 Å². The highest BCUT2D eigenvalue weighted by molar-refractivity contribution is 6.19. The average Bonchev–Trinajstić information content (AvgIpc) is 3.48. The van der Waals surface area contributed by atoms with Gasteiger partial charge >= 0.3 is 5.97 Å². The third-order valence-electron chi connectivity index (χ3n) is 7.40. The van der Waals surface area contributed by atoms with Crippen LogP contribution in [0.25, 0.3) is 32.9 Å². The Morgan fingerprint density at radius 3 is 2.08 bits per heavy atom. The molecule has 2 aromatic heterocycles. The zero-order chi connectivity index (χ0) is 28.0. The molecule has 7 nitrogen and oxygen atoms in total. The minimum absolute atomic E-state index is 0.282. The highest BCUT2D eigenvalue weighted by Gasteiger charge is 2.27. The fourth-order valence-corrected chi connectivity index (χ4v) is 5.69. The average molecular weight is 530 g/mol. The van der Waals surface area contributed by atoms with Gasteiger partial charge in [0.2, 0.25) is 5.91 Å². The summed E-state index contributed by atoms with van der Waals surface area (Å²) < 4.78 is 12.7. The molecule has 0 radical (unpaired) electrons. The van der Waals surface area contributed by atoms with Gasteiger partial charge in [-0.3, -0.25) is 4.79 Å². The van der Waals surface area contributed by atoms with Gasteiger partial charge in [0.05, 0.1) is 35.4 Å². The Bertz CT molecular complexity index is 1840. The fraction of sp³-hybridized carbons (Fsp3) is 0.121. The molecule has 0 atom stereocenters. The standard InChI is InChI=1S/C33H27N3O4/c1-19-29(20(2)40-35-19)24-16-26(32(34)37)30-25-15-14-23(33(38)39-3)17-27(25)36(28(30)18-24)31(21-10-6-4-7-11-21)22-12-8-5-9-13-22/h4-18,31H,1-3H3,(H2,34,37). The number of nitrogens with two attached hydrogens (primary N) is 1. The normalized spacial score (nSPS) is 11.4. The van der Waals surface area contributed by atoms with Crippen molar-refractivity contribution >= 4 is 33.7 Å². The van der Waals surface area contributed by atoms with Crippen LogP contribution < -0.4 is 5.73 Å². The summed E-state index contributed by atoms with van der Waals surface area (Å²) in [7, 11) is 1.36. The molecule has 0 bridgehead atoms. The maximum atomic E-state index is 13.0. The van der Waals surface area contributed by atoms with Crippen molar-refractivity contribution < 1.29 is 18.8 Å². The van der Waals surface area contributed by atoms with Crippen LogP contribution in [0.5, 0.6) is 0 Å². The first-order chi connectivity index (χ1) is 19.4. The van der Waals surface area contributed by atoms with Gasteiger partial charge in [0, 0.05) is 21.9 Å². The number of amides is 1. The molecule has 0 fully saturated rings. The summed E-state index contributed by atoms with van der Waals surface area (Å²) in [4.78, 5) is 25.6. The van der Waals surface area contributed by atoms with E-state index in [2.05, 4.69) is 34.0 Å². The Morgan fingerprint density at radius 1 is 0.875 bits per heavy atom. The second-order valence-electron chi connectivity index (χ2n) is 9.80. The number of fused-ring (bicyclic) bond motifs is 3. The predicted molar refractivity (Wildman–Crippen MR) is 154 cm³/mol. The second-order valence-corrected chi connectivity index (χ2v) is 9.80. The first-order valence-corrected chi connectivity index (χ1v) is 12.9. The number of nitrogens with zero attached hydrogens (tertiary/aromatic N) is 2. The molecule has 1 amide bonds. The van der Waals surface area contributed by atoms with Crippen LogP contribution in [0.2, 0.25) is 0 Å². The molecule has 0 aliphatic heterocycles. The van der Waals surface area contributed by atoms with Crippen molar-refractivity contribution in [1.82, 2.24) is 9.72 Å². The van der Waals surface area contributed by atoms with Crippen LogP contribution in [0.4, 0.5) is 0 Å². The van der Waals surface area contributed by atoms with Crippen LogP contribution in [0.1, 0.15) is 49.3 Å². The lowest BCUT2D eigenvalue weighted by Gasteiger charge is -2.23. The summed E-state index contributed by atoms with van der Waals surface area (Å²) in [6.07, 6.45) is 0. The number of aryl methyl sites for hydroxylation is 2. The summed E-state index contributed by atoms with van der Waals surface area (Å²) in [6.45, 7) is 3.72. The van der Waals surface area contributed by atoms with Gasteiger partial charge in [-0.15, -0.1) is 0 Å². The number of hydrogen-bond donors (Lipinski definition) is 1. The summed E-state index contributed by atoms with van der Waals surface area (Å²) in [6, 6.07) is 29.2. The number of aromatic nitrogens is 2. The van der Waals surface area contributed by atoms with Crippen LogP contribution in [0.15, 0.2) is 95.5 Å². The molecule has 0 aliphatic carbocycles. The molecule has 0 spiro atoms. The van der Waals surface area contributed by atoms with E-state index in [4.69, 9.17) is 15.0 Å². The SMILES string of the molecule is COC(=O)c1ccc2c3c(C(N)=O)cc(-c4c(C)noc4C)cc3n(C(c3ccccc3)c3ccccc3)c2c1. The lowest BCUT2D eigenvalue weighted by molar-refractivity contribution is 0.0600. The molecule has 0 saturated heterocycles. The highest BCUT2D eigenvalue weighted by atomic mass is 16.5. The zero-order valence-electron chi connectivity index (χ0n) is 22.3. The summed E-state index contributed by atoms with van der Waals surface area (Å²) in [5.74, 6) is -0.350. The van der Waals surface area contributed by atoms with Crippen molar-refractivity contribution in [3.05, 3.63) is 125 Å². The molecule has 7 heteroatoms. The van der Waals surface area contributed by atoms with Crippen LogP contribution in [0, 0.1) is 13.8 Å². The van der Waals surface area contributed by atoms with E-state index in [0.717, 1.165) is 38.7 Å². The zero-order valence-corrected chi connectivity index (χ0v) is 22.3. The topological polar surface area (TPSA) is 100 Å².